The Morgan fingerprint density at radius 3 is 2.62 bits per heavy atom. The maximum absolute atomic E-state index is 8.98. The van der Waals surface area contributed by atoms with Gasteiger partial charge in [0.1, 0.15) is 18.1 Å². The summed E-state index contributed by atoms with van der Waals surface area (Å²) in [5.41, 5.74) is 8.30. The summed E-state index contributed by atoms with van der Waals surface area (Å²) in [4.78, 5) is 0. The number of benzene rings is 2. The van der Waals surface area contributed by atoms with E-state index in [9.17, 15) is 0 Å². The zero-order valence-electron chi connectivity index (χ0n) is 12.2. The molecule has 1 atom stereocenters. The van der Waals surface area contributed by atoms with E-state index in [0.29, 0.717) is 17.9 Å². The van der Waals surface area contributed by atoms with Gasteiger partial charge in [-0.1, -0.05) is 18.2 Å². The molecule has 0 spiro atoms. The van der Waals surface area contributed by atoms with Crippen molar-refractivity contribution in [2.45, 2.75) is 19.6 Å². The van der Waals surface area contributed by atoms with E-state index in [2.05, 4.69) is 6.07 Å². The van der Waals surface area contributed by atoms with Gasteiger partial charge in [0, 0.05) is 17.2 Å². The van der Waals surface area contributed by atoms with E-state index in [-0.39, 0.29) is 6.04 Å². The minimum Gasteiger partial charge on any atom is -0.496 e. The van der Waals surface area contributed by atoms with Crippen LogP contribution in [-0.2, 0) is 6.61 Å². The summed E-state index contributed by atoms with van der Waals surface area (Å²) in [6.07, 6.45) is 0. The SMILES string of the molecule is COc1ccc(C#N)cc1COc1ccccc1C(C)N. The highest BCUT2D eigenvalue weighted by molar-refractivity contribution is 5.42. The molecule has 0 radical (unpaired) electrons. The molecule has 0 fully saturated rings. The minimum absolute atomic E-state index is 0.103. The van der Waals surface area contributed by atoms with Gasteiger partial charge in [0.2, 0.25) is 0 Å². The number of hydrogen-bond donors (Lipinski definition) is 1. The van der Waals surface area contributed by atoms with E-state index in [0.717, 1.165) is 16.9 Å². The summed E-state index contributed by atoms with van der Waals surface area (Å²) in [7, 11) is 1.60. The molecule has 0 saturated carbocycles. The molecule has 0 amide bonds. The largest absolute Gasteiger partial charge is 0.496 e. The Labute approximate surface area is 124 Å². The van der Waals surface area contributed by atoms with Crippen LogP contribution in [-0.4, -0.2) is 7.11 Å². The Bertz CT molecular complexity index is 660. The van der Waals surface area contributed by atoms with Gasteiger partial charge in [0.25, 0.3) is 0 Å². The highest BCUT2D eigenvalue weighted by Crippen LogP contribution is 2.26. The van der Waals surface area contributed by atoms with E-state index < -0.39 is 0 Å². The summed E-state index contributed by atoms with van der Waals surface area (Å²) in [6, 6.07) is 15.0. The molecule has 0 heterocycles. The zero-order chi connectivity index (χ0) is 15.2. The lowest BCUT2D eigenvalue weighted by Crippen LogP contribution is -2.08. The third-order valence-corrected chi connectivity index (χ3v) is 3.20. The fourth-order valence-corrected chi connectivity index (χ4v) is 2.10. The van der Waals surface area contributed by atoms with Crippen molar-refractivity contribution in [3.05, 3.63) is 59.2 Å². The summed E-state index contributed by atoms with van der Waals surface area (Å²) in [5, 5.41) is 8.98. The molecule has 0 aliphatic rings. The fourth-order valence-electron chi connectivity index (χ4n) is 2.10. The van der Waals surface area contributed by atoms with Crippen molar-refractivity contribution >= 4 is 0 Å². The quantitative estimate of drug-likeness (QED) is 0.914. The molecule has 0 saturated heterocycles. The van der Waals surface area contributed by atoms with Crippen LogP contribution in [0.15, 0.2) is 42.5 Å². The molecule has 2 N–H and O–H groups in total. The number of nitrogens with zero attached hydrogens (tertiary/aromatic N) is 1. The van der Waals surface area contributed by atoms with Crippen molar-refractivity contribution in [3.8, 4) is 17.6 Å². The van der Waals surface area contributed by atoms with Crippen LogP contribution in [0.4, 0.5) is 0 Å². The van der Waals surface area contributed by atoms with Crippen molar-refractivity contribution in [2.24, 2.45) is 5.73 Å². The van der Waals surface area contributed by atoms with E-state index in [4.69, 9.17) is 20.5 Å². The van der Waals surface area contributed by atoms with Crippen LogP contribution < -0.4 is 15.2 Å². The highest BCUT2D eigenvalue weighted by atomic mass is 16.5. The highest BCUT2D eigenvalue weighted by Gasteiger charge is 2.10. The molecule has 0 aromatic heterocycles. The normalized spacial score (nSPS) is 11.5. The Balaban J connectivity index is 2.22. The van der Waals surface area contributed by atoms with Crippen LogP contribution in [0.25, 0.3) is 0 Å². The molecule has 1 unspecified atom stereocenters. The molecule has 2 rings (SSSR count). The lowest BCUT2D eigenvalue weighted by molar-refractivity contribution is 0.292. The van der Waals surface area contributed by atoms with E-state index in [1.807, 2.05) is 31.2 Å². The topological polar surface area (TPSA) is 68.3 Å². The van der Waals surface area contributed by atoms with Gasteiger partial charge in [0.05, 0.1) is 18.7 Å². The van der Waals surface area contributed by atoms with Crippen LogP contribution in [0, 0.1) is 11.3 Å². The predicted molar refractivity (Wildman–Crippen MR) is 81.1 cm³/mol. The minimum atomic E-state index is -0.103. The smallest absolute Gasteiger partial charge is 0.125 e. The summed E-state index contributed by atoms with van der Waals surface area (Å²) < 4.78 is 11.2. The Morgan fingerprint density at radius 2 is 1.95 bits per heavy atom. The lowest BCUT2D eigenvalue weighted by Gasteiger charge is -2.15. The first-order chi connectivity index (χ1) is 10.2. The third-order valence-electron chi connectivity index (χ3n) is 3.20. The van der Waals surface area contributed by atoms with Crippen molar-refractivity contribution in [3.63, 3.8) is 0 Å². The molecular formula is C17H18N2O2. The molecule has 2 aromatic carbocycles. The second-order valence-electron chi connectivity index (χ2n) is 4.75. The molecule has 2 aromatic rings. The van der Waals surface area contributed by atoms with Gasteiger partial charge >= 0.3 is 0 Å². The number of methoxy groups -OCH3 is 1. The van der Waals surface area contributed by atoms with Crippen molar-refractivity contribution < 1.29 is 9.47 Å². The molecular weight excluding hydrogens is 264 g/mol. The number of ether oxygens (including phenoxy) is 2. The predicted octanol–water partition coefficient (Wildman–Crippen LogP) is 3.17. The summed E-state index contributed by atoms with van der Waals surface area (Å²) in [5.74, 6) is 1.45. The lowest BCUT2D eigenvalue weighted by atomic mass is 10.1. The Kier molecular flexibility index (Phi) is 4.81. The molecule has 4 heteroatoms. The first-order valence-corrected chi connectivity index (χ1v) is 6.70. The van der Waals surface area contributed by atoms with Crippen LogP contribution in [0.1, 0.15) is 29.7 Å². The number of para-hydroxylation sites is 1. The van der Waals surface area contributed by atoms with Crippen LogP contribution in [0.5, 0.6) is 11.5 Å². The second kappa shape index (κ2) is 6.78. The van der Waals surface area contributed by atoms with Gasteiger partial charge in [-0.05, 0) is 31.2 Å². The van der Waals surface area contributed by atoms with Gasteiger partial charge in [-0.25, -0.2) is 0 Å². The molecule has 0 aliphatic heterocycles. The maximum Gasteiger partial charge on any atom is 0.125 e. The van der Waals surface area contributed by atoms with Gasteiger partial charge in [-0.2, -0.15) is 5.26 Å². The third kappa shape index (κ3) is 3.53. The molecule has 21 heavy (non-hydrogen) atoms. The number of nitrogens with two attached hydrogens (primary N) is 1. The summed E-state index contributed by atoms with van der Waals surface area (Å²) >= 11 is 0. The number of nitriles is 1. The van der Waals surface area contributed by atoms with Crippen LogP contribution >= 0.6 is 0 Å². The number of hydrogen-bond acceptors (Lipinski definition) is 4. The second-order valence-corrected chi connectivity index (χ2v) is 4.75. The molecule has 0 aliphatic carbocycles. The van der Waals surface area contributed by atoms with Crippen molar-refractivity contribution in [2.75, 3.05) is 7.11 Å². The molecule has 0 bridgehead atoms. The summed E-state index contributed by atoms with van der Waals surface area (Å²) in [6.45, 7) is 2.24. The van der Waals surface area contributed by atoms with E-state index in [1.165, 1.54) is 0 Å². The van der Waals surface area contributed by atoms with Gasteiger partial charge in [0.15, 0.2) is 0 Å². The molecule has 4 nitrogen and oxygen atoms in total. The first kappa shape index (κ1) is 14.9. The fraction of sp³-hybridized carbons (Fsp3) is 0.235. The standard InChI is InChI=1S/C17H18N2O2/c1-12(19)15-5-3-4-6-17(15)21-11-14-9-13(10-18)7-8-16(14)20-2/h3-9,12H,11,19H2,1-2H3. The van der Waals surface area contributed by atoms with Crippen LogP contribution in [0.3, 0.4) is 0 Å². The average Bonchev–Trinajstić information content (AvgIpc) is 2.52. The van der Waals surface area contributed by atoms with E-state index in [1.54, 1.807) is 25.3 Å². The molecule has 108 valence electrons. The van der Waals surface area contributed by atoms with Crippen LogP contribution in [0.2, 0.25) is 0 Å². The number of rotatable bonds is 5. The Hall–Kier alpha value is -2.51. The van der Waals surface area contributed by atoms with Gasteiger partial charge in [-0.3, -0.25) is 0 Å². The average molecular weight is 282 g/mol. The van der Waals surface area contributed by atoms with Crippen molar-refractivity contribution in [1.29, 1.82) is 5.26 Å². The van der Waals surface area contributed by atoms with E-state index >= 15 is 0 Å². The first-order valence-electron chi connectivity index (χ1n) is 6.70. The maximum atomic E-state index is 8.98. The monoisotopic (exact) mass is 282 g/mol. The van der Waals surface area contributed by atoms with Gasteiger partial charge < -0.3 is 15.2 Å². The zero-order valence-corrected chi connectivity index (χ0v) is 12.2. The Morgan fingerprint density at radius 1 is 1.19 bits per heavy atom. The van der Waals surface area contributed by atoms with Gasteiger partial charge in [-0.15, -0.1) is 0 Å². The van der Waals surface area contributed by atoms with Crippen molar-refractivity contribution in [1.82, 2.24) is 0 Å².